The number of thiophene rings is 1. The van der Waals surface area contributed by atoms with Gasteiger partial charge in [-0.15, -0.1) is 0 Å². The van der Waals surface area contributed by atoms with Crippen molar-refractivity contribution in [1.82, 2.24) is 15.1 Å². The lowest BCUT2D eigenvalue weighted by molar-refractivity contribution is 0.511. The second kappa shape index (κ2) is 6.87. The molecule has 2 heterocycles. The lowest BCUT2D eigenvalue weighted by Gasteiger charge is -2.20. The Kier molecular flexibility index (Phi) is 5.16. The lowest BCUT2D eigenvalue weighted by atomic mass is 10.0. The number of hydrogen-bond acceptors (Lipinski definition) is 3. The molecule has 0 aromatic carbocycles. The molecule has 1 N–H and O–H groups in total. The predicted octanol–water partition coefficient (Wildman–Crippen LogP) is 3.75. The topological polar surface area (TPSA) is 29.9 Å². The third kappa shape index (κ3) is 3.25. The molecule has 0 bridgehead atoms. The Morgan fingerprint density at radius 1 is 1.32 bits per heavy atom. The Morgan fingerprint density at radius 3 is 2.79 bits per heavy atom. The van der Waals surface area contributed by atoms with Gasteiger partial charge in [0.15, 0.2) is 0 Å². The molecule has 0 amide bonds. The minimum absolute atomic E-state index is 0.264. The van der Waals surface area contributed by atoms with Crippen LogP contribution in [0.15, 0.2) is 23.0 Å². The summed E-state index contributed by atoms with van der Waals surface area (Å²) in [6, 6.07) is 2.40. The summed E-state index contributed by atoms with van der Waals surface area (Å²) in [5.74, 6) is 0. The fourth-order valence-corrected chi connectivity index (χ4v) is 3.19. The zero-order valence-electron chi connectivity index (χ0n) is 12.0. The quantitative estimate of drug-likeness (QED) is 0.835. The van der Waals surface area contributed by atoms with Crippen molar-refractivity contribution in [2.24, 2.45) is 0 Å². The maximum atomic E-state index is 4.45. The molecule has 19 heavy (non-hydrogen) atoms. The van der Waals surface area contributed by atoms with Crippen molar-refractivity contribution in [3.63, 3.8) is 0 Å². The highest BCUT2D eigenvalue weighted by Gasteiger charge is 2.19. The first-order chi connectivity index (χ1) is 9.27. The number of nitrogens with one attached hydrogen (secondary N) is 1. The van der Waals surface area contributed by atoms with Gasteiger partial charge < -0.3 is 5.32 Å². The summed E-state index contributed by atoms with van der Waals surface area (Å²) in [7, 11) is 0. The van der Waals surface area contributed by atoms with Gasteiger partial charge >= 0.3 is 0 Å². The first-order valence-corrected chi connectivity index (χ1v) is 8.00. The van der Waals surface area contributed by atoms with Crippen LogP contribution < -0.4 is 5.32 Å². The van der Waals surface area contributed by atoms with E-state index in [1.807, 2.05) is 6.20 Å². The molecule has 2 aromatic heterocycles. The van der Waals surface area contributed by atoms with E-state index in [2.05, 4.69) is 52.7 Å². The molecule has 0 radical (unpaired) electrons. The average Bonchev–Trinajstić information content (AvgIpc) is 3.01. The van der Waals surface area contributed by atoms with Gasteiger partial charge in [0.1, 0.15) is 0 Å². The number of aryl methyl sites for hydroxylation is 2. The van der Waals surface area contributed by atoms with Crippen molar-refractivity contribution >= 4 is 11.3 Å². The summed E-state index contributed by atoms with van der Waals surface area (Å²) < 4.78 is 2.13. The zero-order valence-corrected chi connectivity index (χ0v) is 12.8. The van der Waals surface area contributed by atoms with E-state index in [9.17, 15) is 0 Å². The van der Waals surface area contributed by atoms with Gasteiger partial charge in [-0.1, -0.05) is 13.8 Å². The van der Waals surface area contributed by atoms with Gasteiger partial charge in [-0.3, -0.25) is 4.68 Å². The Labute approximate surface area is 119 Å². The van der Waals surface area contributed by atoms with Crippen LogP contribution >= 0.6 is 11.3 Å². The number of rotatable bonds is 7. The van der Waals surface area contributed by atoms with Crippen molar-refractivity contribution < 1.29 is 0 Å². The van der Waals surface area contributed by atoms with Gasteiger partial charge in [-0.05, 0) is 54.3 Å². The minimum Gasteiger partial charge on any atom is -0.305 e. The molecule has 0 spiro atoms. The summed E-state index contributed by atoms with van der Waals surface area (Å²) in [5.41, 5.74) is 4.02. The van der Waals surface area contributed by atoms with E-state index >= 15 is 0 Å². The molecule has 0 fully saturated rings. The Hall–Kier alpha value is -1.13. The van der Waals surface area contributed by atoms with Crippen LogP contribution in [0.5, 0.6) is 0 Å². The SMILES string of the molecule is CCCNC(c1cscc1C)c1ccnn1CCC. The normalized spacial score (nSPS) is 12.8. The second-order valence-electron chi connectivity index (χ2n) is 4.88. The van der Waals surface area contributed by atoms with Gasteiger partial charge in [-0.25, -0.2) is 0 Å². The van der Waals surface area contributed by atoms with Crippen molar-refractivity contribution in [2.45, 2.75) is 46.2 Å². The van der Waals surface area contributed by atoms with Gasteiger partial charge in [0, 0.05) is 12.7 Å². The van der Waals surface area contributed by atoms with E-state index in [1.165, 1.54) is 16.8 Å². The summed E-state index contributed by atoms with van der Waals surface area (Å²) in [5, 5.41) is 12.6. The zero-order chi connectivity index (χ0) is 13.7. The second-order valence-corrected chi connectivity index (χ2v) is 5.62. The largest absolute Gasteiger partial charge is 0.305 e. The third-order valence-electron chi connectivity index (χ3n) is 3.29. The first kappa shape index (κ1) is 14.3. The van der Waals surface area contributed by atoms with Crippen molar-refractivity contribution in [3.05, 3.63) is 39.8 Å². The third-order valence-corrected chi connectivity index (χ3v) is 4.16. The van der Waals surface area contributed by atoms with Crippen molar-refractivity contribution in [2.75, 3.05) is 6.54 Å². The summed E-state index contributed by atoms with van der Waals surface area (Å²) in [4.78, 5) is 0. The highest BCUT2D eigenvalue weighted by Crippen LogP contribution is 2.27. The Bertz CT molecular complexity index is 501. The molecule has 1 atom stereocenters. The number of aromatic nitrogens is 2. The smallest absolute Gasteiger partial charge is 0.0758 e. The molecule has 2 aromatic rings. The maximum absolute atomic E-state index is 4.45. The maximum Gasteiger partial charge on any atom is 0.0758 e. The highest BCUT2D eigenvalue weighted by molar-refractivity contribution is 7.08. The first-order valence-electron chi connectivity index (χ1n) is 7.05. The van der Waals surface area contributed by atoms with Crippen LogP contribution in [0, 0.1) is 6.92 Å². The predicted molar refractivity (Wildman–Crippen MR) is 81.7 cm³/mol. The van der Waals surface area contributed by atoms with E-state index < -0.39 is 0 Å². The van der Waals surface area contributed by atoms with E-state index in [4.69, 9.17) is 0 Å². The van der Waals surface area contributed by atoms with Crippen molar-refractivity contribution in [1.29, 1.82) is 0 Å². The standard InChI is InChI=1S/C15H23N3S/c1-4-7-16-15(13-11-19-10-12(13)3)14-6-8-17-18(14)9-5-2/h6,8,10-11,15-16H,4-5,7,9H2,1-3H3. The van der Waals surface area contributed by atoms with Crippen LogP contribution in [-0.2, 0) is 6.54 Å². The van der Waals surface area contributed by atoms with E-state index in [1.54, 1.807) is 11.3 Å². The van der Waals surface area contributed by atoms with Crippen molar-refractivity contribution in [3.8, 4) is 0 Å². The fourth-order valence-electron chi connectivity index (χ4n) is 2.32. The monoisotopic (exact) mass is 277 g/mol. The molecule has 3 nitrogen and oxygen atoms in total. The van der Waals surface area contributed by atoms with Crippen LogP contribution in [0.3, 0.4) is 0 Å². The molecule has 0 saturated carbocycles. The molecule has 0 saturated heterocycles. The highest BCUT2D eigenvalue weighted by atomic mass is 32.1. The number of hydrogen-bond donors (Lipinski definition) is 1. The minimum atomic E-state index is 0.264. The lowest BCUT2D eigenvalue weighted by Crippen LogP contribution is -2.26. The van der Waals surface area contributed by atoms with Crippen LogP contribution in [0.25, 0.3) is 0 Å². The summed E-state index contributed by atoms with van der Waals surface area (Å²) in [6.07, 6.45) is 4.16. The van der Waals surface area contributed by atoms with Gasteiger partial charge in [0.2, 0.25) is 0 Å². The molecule has 1 unspecified atom stereocenters. The van der Waals surface area contributed by atoms with Crippen LogP contribution in [0.2, 0.25) is 0 Å². The molecular formula is C15H23N3S. The van der Waals surface area contributed by atoms with Crippen LogP contribution in [0.1, 0.15) is 49.6 Å². The van der Waals surface area contributed by atoms with E-state index in [0.29, 0.717) is 0 Å². The van der Waals surface area contributed by atoms with Gasteiger partial charge in [0.05, 0.1) is 11.7 Å². The average molecular weight is 277 g/mol. The summed E-state index contributed by atoms with van der Waals surface area (Å²) in [6.45, 7) is 8.59. The van der Waals surface area contributed by atoms with E-state index in [-0.39, 0.29) is 6.04 Å². The fraction of sp³-hybridized carbons (Fsp3) is 0.533. The molecule has 104 valence electrons. The number of nitrogens with zero attached hydrogens (tertiary/aromatic N) is 2. The van der Waals surface area contributed by atoms with Crippen LogP contribution in [-0.4, -0.2) is 16.3 Å². The molecule has 2 rings (SSSR count). The molecular weight excluding hydrogens is 254 g/mol. The molecule has 0 aliphatic rings. The van der Waals surface area contributed by atoms with E-state index in [0.717, 1.165) is 25.9 Å². The molecule has 0 aliphatic carbocycles. The summed E-state index contributed by atoms with van der Waals surface area (Å²) >= 11 is 1.77. The molecule has 0 aliphatic heterocycles. The van der Waals surface area contributed by atoms with Gasteiger partial charge in [-0.2, -0.15) is 16.4 Å². The molecule has 4 heteroatoms. The van der Waals surface area contributed by atoms with Gasteiger partial charge in [0.25, 0.3) is 0 Å². The van der Waals surface area contributed by atoms with Crippen LogP contribution in [0.4, 0.5) is 0 Å². The Balaban J connectivity index is 2.31. The Morgan fingerprint density at radius 2 is 2.16 bits per heavy atom.